The lowest BCUT2D eigenvalue weighted by atomic mass is 10.1. The van der Waals surface area contributed by atoms with Gasteiger partial charge in [-0.15, -0.1) is 0 Å². The molecule has 1 unspecified atom stereocenters. The van der Waals surface area contributed by atoms with Gasteiger partial charge < -0.3 is 4.90 Å². The number of amides is 1. The molecule has 1 heterocycles. The van der Waals surface area contributed by atoms with Crippen LogP contribution in [0.15, 0.2) is 24.3 Å². The van der Waals surface area contributed by atoms with Crippen molar-refractivity contribution < 1.29 is 4.79 Å². The summed E-state index contributed by atoms with van der Waals surface area (Å²) in [6, 6.07) is 8.34. The van der Waals surface area contributed by atoms with E-state index in [4.69, 9.17) is 0 Å². The number of nitrogens with zero attached hydrogens (tertiary/aromatic N) is 1. The van der Waals surface area contributed by atoms with Crippen molar-refractivity contribution in [2.75, 3.05) is 6.54 Å². The number of carbonyl (C=O) groups is 1. The predicted octanol–water partition coefficient (Wildman–Crippen LogP) is 2.09. The summed E-state index contributed by atoms with van der Waals surface area (Å²) in [5.41, 5.74) is 2.09. The molecule has 0 aromatic heterocycles. The van der Waals surface area contributed by atoms with E-state index < -0.39 is 0 Å². The second-order valence-corrected chi connectivity index (χ2v) is 3.86. The first-order chi connectivity index (χ1) is 6.72. The zero-order valence-corrected chi connectivity index (χ0v) is 8.66. The van der Waals surface area contributed by atoms with E-state index in [1.54, 1.807) is 0 Å². The summed E-state index contributed by atoms with van der Waals surface area (Å²) in [4.78, 5) is 13.6. The molecule has 1 saturated heterocycles. The number of hydrogen-bond donors (Lipinski definition) is 0. The van der Waals surface area contributed by atoms with Gasteiger partial charge in [-0.2, -0.15) is 0 Å². The van der Waals surface area contributed by atoms with Gasteiger partial charge in [0.1, 0.15) is 0 Å². The predicted molar refractivity (Wildman–Crippen MR) is 56.3 cm³/mol. The van der Waals surface area contributed by atoms with Crippen molar-refractivity contribution in [1.29, 1.82) is 0 Å². The van der Waals surface area contributed by atoms with Crippen LogP contribution < -0.4 is 0 Å². The van der Waals surface area contributed by atoms with E-state index in [9.17, 15) is 4.79 Å². The smallest absolute Gasteiger partial charge is 0.254 e. The first kappa shape index (κ1) is 9.25. The van der Waals surface area contributed by atoms with Gasteiger partial charge in [0.05, 0.1) is 0 Å². The molecular formula is C12H15NO. The second kappa shape index (κ2) is 3.45. The minimum absolute atomic E-state index is 0.167. The summed E-state index contributed by atoms with van der Waals surface area (Å²) in [6.45, 7) is 5.09. The summed E-state index contributed by atoms with van der Waals surface area (Å²) in [5.74, 6) is 0.167. The fourth-order valence-corrected chi connectivity index (χ4v) is 1.57. The van der Waals surface area contributed by atoms with Crippen LogP contribution in [-0.2, 0) is 6.42 Å². The molecule has 0 N–H and O–H groups in total. The highest BCUT2D eigenvalue weighted by Crippen LogP contribution is 2.20. The number of benzene rings is 1. The Morgan fingerprint density at radius 1 is 1.43 bits per heavy atom. The quantitative estimate of drug-likeness (QED) is 0.652. The van der Waals surface area contributed by atoms with Crippen molar-refractivity contribution in [3.8, 4) is 0 Å². The topological polar surface area (TPSA) is 20.1 Å². The van der Waals surface area contributed by atoms with Crippen LogP contribution in [0, 0.1) is 0 Å². The molecule has 2 nitrogen and oxygen atoms in total. The molecule has 2 rings (SSSR count). The number of hydrogen-bond acceptors (Lipinski definition) is 1. The van der Waals surface area contributed by atoms with Crippen molar-refractivity contribution in [1.82, 2.24) is 4.90 Å². The van der Waals surface area contributed by atoms with Crippen molar-refractivity contribution in [2.24, 2.45) is 0 Å². The average molecular weight is 189 g/mol. The Kier molecular flexibility index (Phi) is 2.28. The van der Waals surface area contributed by atoms with E-state index in [0.29, 0.717) is 6.04 Å². The molecule has 1 fully saturated rings. The van der Waals surface area contributed by atoms with Crippen LogP contribution in [0.3, 0.4) is 0 Å². The maximum Gasteiger partial charge on any atom is 0.254 e. The second-order valence-electron chi connectivity index (χ2n) is 3.86. The molecule has 0 bridgehead atoms. The zero-order valence-electron chi connectivity index (χ0n) is 8.66. The summed E-state index contributed by atoms with van der Waals surface area (Å²) in [5, 5.41) is 0. The van der Waals surface area contributed by atoms with E-state index in [1.165, 1.54) is 5.56 Å². The Labute approximate surface area is 84.5 Å². The molecule has 1 aliphatic heterocycles. The molecule has 1 aromatic rings. The number of aryl methyl sites for hydroxylation is 1. The van der Waals surface area contributed by atoms with Crippen LogP contribution in [-0.4, -0.2) is 23.4 Å². The molecule has 1 aliphatic rings. The highest BCUT2D eigenvalue weighted by atomic mass is 16.2. The fourth-order valence-electron chi connectivity index (χ4n) is 1.57. The summed E-state index contributed by atoms with van der Waals surface area (Å²) in [7, 11) is 0. The van der Waals surface area contributed by atoms with Crippen LogP contribution in [0.4, 0.5) is 0 Å². The molecule has 0 radical (unpaired) electrons. The van der Waals surface area contributed by atoms with Gasteiger partial charge in [0, 0.05) is 18.2 Å². The maximum absolute atomic E-state index is 11.7. The SMILES string of the molecule is CCc1ccc(C(=O)N2CC2C)cc1. The monoisotopic (exact) mass is 189 g/mol. The van der Waals surface area contributed by atoms with Gasteiger partial charge >= 0.3 is 0 Å². The Morgan fingerprint density at radius 3 is 2.43 bits per heavy atom. The van der Waals surface area contributed by atoms with Crippen molar-refractivity contribution in [3.05, 3.63) is 35.4 Å². The van der Waals surface area contributed by atoms with Crippen LogP contribution >= 0.6 is 0 Å². The highest BCUT2D eigenvalue weighted by molar-refractivity contribution is 5.95. The van der Waals surface area contributed by atoms with E-state index in [2.05, 4.69) is 13.8 Å². The van der Waals surface area contributed by atoms with E-state index in [1.807, 2.05) is 29.2 Å². The van der Waals surface area contributed by atoms with Crippen LogP contribution in [0.2, 0.25) is 0 Å². The summed E-state index contributed by atoms with van der Waals surface area (Å²) in [6.07, 6.45) is 1.02. The first-order valence-corrected chi connectivity index (χ1v) is 5.12. The minimum atomic E-state index is 0.167. The largest absolute Gasteiger partial charge is 0.332 e. The average Bonchev–Trinajstić information content (AvgIpc) is 2.95. The Bertz CT molecular complexity index is 342. The molecular weight excluding hydrogens is 174 g/mol. The normalized spacial score (nSPS) is 19.6. The molecule has 1 aromatic carbocycles. The maximum atomic E-state index is 11.7. The third-order valence-electron chi connectivity index (χ3n) is 2.73. The molecule has 0 spiro atoms. The van der Waals surface area contributed by atoms with Crippen LogP contribution in [0.1, 0.15) is 29.8 Å². The Balaban J connectivity index is 2.13. The number of carbonyl (C=O) groups excluding carboxylic acids is 1. The standard InChI is InChI=1S/C12H15NO/c1-3-10-4-6-11(7-5-10)12(14)13-8-9(13)2/h4-7,9H,3,8H2,1-2H3. The Morgan fingerprint density at radius 2 is 2.00 bits per heavy atom. The summed E-state index contributed by atoms with van der Waals surface area (Å²) < 4.78 is 0. The highest BCUT2D eigenvalue weighted by Gasteiger charge is 2.34. The van der Waals surface area contributed by atoms with Gasteiger partial charge in [-0.1, -0.05) is 19.1 Å². The van der Waals surface area contributed by atoms with Crippen molar-refractivity contribution in [3.63, 3.8) is 0 Å². The van der Waals surface area contributed by atoms with Gasteiger partial charge in [0.25, 0.3) is 5.91 Å². The molecule has 74 valence electrons. The lowest BCUT2D eigenvalue weighted by Gasteiger charge is -2.03. The van der Waals surface area contributed by atoms with Crippen molar-refractivity contribution in [2.45, 2.75) is 26.3 Å². The lowest BCUT2D eigenvalue weighted by molar-refractivity contribution is 0.0876. The molecule has 1 amide bonds. The first-order valence-electron chi connectivity index (χ1n) is 5.12. The van der Waals surface area contributed by atoms with Gasteiger partial charge in [-0.05, 0) is 31.0 Å². The minimum Gasteiger partial charge on any atom is -0.332 e. The van der Waals surface area contributed by atoms with Gasteiger partial charge in [0.2, 0.25) is 0 Å². The van der Waals surface area contributed by atoms with Crippen LogP contribution in [0.5, 0.6) is 0 Å². The van der Waals surface area contributed by atoms with E-state index in [0.717, 1.165) is 18.5 Å². The molecule has 0 aliphatic carbocycles. The fraction of sp³-hybridized carbons (Fsp3) is 0.417. The third kappa shape index (κ3) is 1.65. The van der Waals surface area contributed by atoms with Gasteiger partial charge in [-0.25, -0.2) is 0 Å². The van der Waals surface area contributed by atoms with Crippen molar-refractivity contribution >= 4 is 5.91 Å². The molecule has 0 saturated carbocycles. The molecule has 2 heteroatoms. The van der Waals surface area contributed by atoms with E-state index >= 15 is 0 Å². The summed E-state index contributed by atoms with van der Waals surface area (Å²) >= 11 is 0. The Hall–Kier alpha value is -1.31. The third-order valence-corrected chi connectivity index (χ3v) is 2.73. The van der Waals surface area contributed by atoms with Crippen LogP contribution in [0.25, 0.3) is 0 Å². The lowest BCUT2D eigenvalue weighted by Crippen LogP contribution is -2.12. The number of rotatable bonds is 2. The molecule has 14 heavy (non-hydrogen) atoms. The molecule has 1 atom stereocenters. The zero-order chi connectivity index (χ0) is 10.1. The van der Waals surface area contributed by atoms with E-state index in [-0.39, 0.29) is 5.91 Å². The van der Waals surface area contributed by atoms with Gasteiger partial charge in [-0.3, -0.25) is 4.79 Å². The van der Waals surface area contributed by atoms with Gasteiger partial charge in [0.15, 0.2) is 0 Å².